The second kappa shape index (κ2) is 12.1. The van der Waals surface area contributed by atoms with Crippen molar-refractivity contribution < 1.29 is 24.5 Å². The van der Waals surface area contributed by atoms with Gasteiger partial charge in [-0.25, -0.2) is 4.98 Å². The number of ether oxygens (including phenoxy) is 1. The normalized spacial score (nSPS) is 26.6. The zero-order valence-electron chi connectivity index (χ0n) is 24.8. The van der Waals surface area contributed by atoms with E-state index in [1.54, 1.807) is 12.0 Å². The second-order valence-electron chi connectivity index (χ2n) is 12.4. The molecule has 0 saturated heterocycles. The average molecular weight is 592 g/mol. The van der Waals surface area contributed by atoms with E-state index in [-0.39, 0.29) is 48.5 Å². The van der Waals surface area contributed by atoms with Gasteiger partial charge in [0.15, 0.2) is 5.13 Å². The Morgan fingerprint density at radius 1 is 1.12 bits per heavy atom. The van der Waals surface area contributed by atoms with Crippen LogP contribution < -0.4 is 10.1 Å². The summed E-state index contributed by atoms with van der Waals surface area (Å²) < 4.78 is 5.21. The van der Waals surface area contributed by atoms with Crippen LogP contribution in [0.5, 0.6) is 5.75 Å². The molecule has 5 atom stereocenters. The molecule has 8 nitrogen and oxygen atoms in total. The molecule has 3 N–H and O–H groups in total. The fraction of sp³-hybridized carbons (Fsp3) is 0.485. The lowest BCUT2D eigenvalue weighted by atomic mass is 9.47. The maximum absolute atomic E-state index is 13.7. The van der Waals surface area contributed by atoms with Gasteiger partial charge in [-0.1, -0.05) is 56.3 Å². The number of benzene rings is 2. The zero-order chi connectivity index (χ0) is 30.1. The third-order valence-electron chi connectivity index (χ3n) is 9.73. The van der Waals surface area contributed by atoms with Crippen molar-refractivity contribution in [3.63, 3.8) is 0 Å². The van der Waals surface area contributed by atoms with Gasteiger partial charge in [-0.05, 0) is 53.9 Å². The van der Waals surface area contributed by atoms with E-state index in [9.17, 15) is 19.8 Å². The highest BCUT2D eigenvalue weighted by molar-refractivity contribution is 7.15. The molecule has 0 aliphatic heterocycles. The molecule has 0 spiro atoms. The van der Waals surface area contributed by atoms with Gasteiger partial charge in [0.25, 0.3) is 0 Å². The highest BCUT2D eigenvalue weighted by Gasteiger charge is 2.59. The van der Waals surface area contributed by atoms with Crippen LogP contribution in [0.15, 0.2) is 54.6 Å². The first-order valence-electron chi connectivity index (χ1n) is 14.6. The molecule has 9 heteroatoms. The molecule has 42 heavy (non-hydrogen) atoms. The number of anilines is 1. The molecule has 0 unspecified atom stereocenters. The monoisotopic (exact) mass is 591 g/mol. The SMILES string of the molecule is COc1ccc(CC(=O)Nc2nc3c(s2)C[C@@H]2[C@](C)(CO)[C@H](O)CC[C@@]2(C)[C@@H]3CC(=O)N(C)Cc2ccccc2)cc1. The number of carbonyl (C=O) groups is 2. The molecule has 1 aromatic heterocycles. The summed E-state index contributed by atoms with van der Waals surface area (Å²) in [5.74, 6) is 0.328. The molecule has 2 aromatic carbocycles. The van der Waals surface area contributed by atoms with Crippen molar-refractivity contribution >= 4 is 28.3 Å². The van der Waals surface area contributed by atoms with Crippen LogP contribution in [0.25, 0.3) is 0 Å². The number of nitrogens with zero attached hydrogens (tertiary/aromatic N) is 2. The van der Waals surface area contributed by atoms with Gasteiger partial charge in [-0.2, -0.15) is 0 Å². The first-order chi connectivity index (χ1) is 20.1. The van der Waals surface area contributed by atoms with Gasteiger partial charge < -0.3 is 25.2 Å². The Morgan fingerprint density at radius 2 is 1.83 bits per heavy atom. The number of thiazole rings is 1. The molecule has 1 saturated carbocycles. The van der Waals surface area contributed by atoms with Gasteiger partial charge >= 0.3 is 0 Å². The molecule has 1 heterocycles. The number of carbonyl (C=O) groups excluding carboxylic acids is 2. The fourth-order valence-corrected chi connectivity index (χ4v) is 8.15. The van der Waals surface area contributed by atoms with E-state index in [4.69, 9.17) is 9.72 Å². The zero-order valence-corrected chi connectivity index (χ0v) is 25.6. The summed E-state index contributed by atoms with van der Waals surface area (Å²) in [6.45, 7) is 4.53. The number of fused-ring (bicyclic) bond motifs is 2. The number of amides is 2. The molecule has 1 fully saturated rings. The van der Waals surface area contributed by atoms with Crippen LogP contribution >= 0.6 is 11.3 Å². The van der Waals surface area contributed by atoms with Crippen molar-refractivity contribution in [2.75, 3.05) is 26.1 Å². The van der Waals surface area contributed by atoms with Crippen LogP contribution in [0, 0.1) is 16.7 Å². The van der Waals surface area contributed by atoms with Gasteiger partial charge in [0.2, 0.25) is 11.8 Å². The lowest BCUT2D eigenvalue weighted by molar-refractivity contribution is -0.147. The van der Waals surface area contributed by atoms with Crippen molar-refractivity contribution in [2.24, 2.45) is 16.7 Å². The Hall–Kier alpha value is -3.27. The molecule has 2 aliphatic carbocycles. The first kappa shape index (κ1) is 30.2. The third kappa shape index (κ3) is 5.82. The summed E-state index contributed by atoms with van der Waals surface area (Å²) in [5, 5.41) is 25.1. The minimum atomic E-state index is -0.705. The maximum Gasteiger partial charge on any atom is 0.230 e. The summed E-state index contributed by atoms with van der Waals surface area (Å²) in [6, 6.07) is 17.3. The number of methoxy groups -OCH3 is 1. The maximum atomic E-state index is 13.7. The van der Waals surface area contributed by atoms with E-state index in [0.717, 1.165) is 33.9 Å². The van der Waals surface area contributed by atoms with Crippen LogP contribution in [-0.4, -0.2) is 58.8 Å². The predicted molar refractivity (Wildman–Crippen MR) is 163 cm³/mol. The summed E-state index contributed by atoms with van der Waals surface area (Å²) in [4.78, 5) is 34.4. The molecule has 2 amide bonds. The molecule has 3 aromatic rings. The highest BCUT2D eigenvalue weighted by atomic mass is 32.1. The van der Waals surface area contributed by atoms with Gasteiger partial charge in [-0.15, -0.1) is 11.3 Å². The van der Waals surface area contributed by atoms with Gasteiger partial charge in [-0.3, -0.25) is 9.59 Å². The number of aromatic nitrogens is 1. The van der Waals surface area contributed by atoms with Crippen molar-refractivity contribution in [2.45, 2.75) is 64.5 Å². The number of rotatable bonds is 9. The molecule has 5 rings (SSSR count). The Bertz CT molecular complexity index is 1410. The first-order valence-corrected chi connectivity index (χ1v) is 15.4. The van der Waals surface area contributed by atoms with E-state index in [1.165, 1.54) is 11.3 Å². The largest absolute Gasteiger partial charge is 0.497 e. The summed E-state index contributed by atoms with van der Waals surface area (Å²) in [5.41, 5.74) is 1.73. The van der Waals surface area contributed by atoms with Crippen LogP contribution in [0.4, 0.5) is 5.13 Å². The Labute approximate surface area is 251 Å². The van der Waals surface area contributed by atoms with Crippen LogP contribution in [0.3, 0.4) is 0 Å². The standard InChI is InChI=1S/C33H41N3O5S/c1-32-15-14-27(38)33(2,20-37)26(32)18-25-30(24(32)17-29(40)36(3)19-22-8-6-5-7-9-22)35-31(42-25)34-28(39)16-21-10-12-23(41-4)13-11-21/h5-13,24,26-27,37-38H,14-20H2,1-4H3,(H,34,35,39)/t24-,26+,27-,32+,33+/m1/s1. The van der Waals surface area contributed by atoms with E-state index in [1.807, 2.05) is 68.6 Å². The molecular formula is C33H41N3O5S. The fourth-order valence-electron chi connectivity index (χ4n) is 7.07. The minimum Gasteiger partial charge on any atom is -0.497 e. The predicted octanol–water partition coefficient (Wildman–Crippen LogP) is 4.80. The number of nitrogens with one attached hydrogen (secondary N) is 1. The summed E-state index contributed by atoms with van der Waals surface area (Å²) >= 11 is 1.44. The molecular weight excluding hydrogens is 550 g/mol. The lowest BCUT2D eigenvalue weighted by Gasteiger charge is -2.58. The van der Waals surface area contributed by atoms with Crippen LogP contribution in [0.2, 0.25) is 0 Å². The molecule has 2 aliphatic rings. The quantitative estimate of drug-likeness (QED) is 0.330. The lowest BCUT2D eigenvalue weighted by Crippen LogP contribution is -2.57. The molecule has 0 radical (unpaired) electrons. The number of aliphatic hydroxyl groups is 2. The van der Waals surface area contributed by atoms with E-state index in [2.05, 4.69) is 12.2 Å². The third-order valence-corrected chi connectivity index (χ3v) is 10.7. The Kier molecular flexibility index (Phi) is 8.73. The summed E-state index contributed by atoms with van der Waals surface area (Å²) in [7, 11) is 3.43. The van der Waals surface area contributed by atoms with Crippen molar-refractivity contribution in [3.05, 3.63) is 76.3 Å². The van der Waals surface area contributed by atoms with Crippen LogP contribution in [-0.2, 0) is 29.0 Å². The highest BCUT2D eigenvalue weighted by Crippen LogP contribution is 2.63. The minimum absolute atomic E-state index is 0.0200. The van der Waals surface area contributed by atoms with Crippen LogP contribution in [0.1, 0.15) is 60.7 Å². The average Bonchev–Trinajstić information content (AvgIpc) is 3.38. The van der Waals surface area contributed by atoms with E-state index < -0.39 is 11.5 Å². The van der Waals surface area contributed by atoms with Crippen molar-refractivity contribution in [1.82, 2.24) is 9.88 Å². The topological polar surface area (TPSA) is 112 Å². The number of hydrogen-bond acceptors (Lipinski definition) is 7. The van der Waals surface area contributed by atoms with E-state index >= 15 is 0 Å². The molecule has 224 valence electrons. The number of aliphatic hydroxyl groups excluding tert-OH is 2. The van der Waals surface area contributed by atoms with Gasteiger partial charge in [0, 0.05) is 36.2 Å². The smallest absolute Gasteiger partial charge is 0.230 e. The van der Waals surface area contributed by atoms with Gasteiger partial charge in [0.1, 0.15) is 5.75 Å². The molecule has 0 bridgehead atoms. The van der Waals surface area contributed by atoms with Gasteiger partial charge in [0.05, 0.1) is 31.9 Å². The van der Waals surface area contributed by atoms with Crippen molar-refractivity contribution in [1.29, 1.82) is 0 Å². The Balaban J connectivity index is 1.42. The second-order valence-corrected chi connectivity index (χ2v) is 13.5. The number of hydrogen-bond donors (Lipinski definition) is 3. The van der Waals surface area contributed by atoms with Crippen molar-refractivity contribution in [3.8, 4) is 5.75 Å². The summed E-state index contributed by atoms with van der Waals surface area (Å²) in [6.07, 6.45) is 1.76. The van der Waals surface area contributed by atoms with E-state index in [0.29, 0.717) is 24.5 Å². The Morgan fingerprint density at radius 3 is 2.50 bits per heavy atom.